The Kier molecular flexibility index (Phi) is 8.12. The van der Waals surface area contributed by atoms with Gasteiger partial charge in [0.2, 0.25) is 5.91 Å². The molecule has 0 aliphatic heterocycles. The van der Waals surface area contributed by atoms with Crippen LogP contribution in [0.2, 0.25) is 0 Å². The fourth-order valence-electron chi connectivity index (χ4n) is 4.05. The van der Waals surface area contributed by atoms with Gasteiger partial charge in [-0.05, 0) is 35.1 Å². The minimum atomic E-state index is -0.502. The van der Waals surface area contributed by atoms with Crippen LogP contribution in [-0.4, -0.2) is 21.6 Å². The van der Waals surface area contributed by atoms with Crippen LogP contribution < -0.4 is 5.32 Å². The van der Waals surface area contributed by atoms with Crippen molar-refractivity contribution in [3.05, 3.63) is 106 Å². The van der Waals surface area contributed by atoms with Gasteiger partial charge in [0.15, 0.2) is 0 Å². The van der Waals surface area contributed by atoms with E-state index in [1.165, 1.54) is 17.7 Å². The highest BCUT2D eigenvalue weighted by atomic mass is 32.2. The Labute approximate surface area is 232 Å². The number of nitrogens with one attached hydrogen (secondary N) is 1. The van der Waals surface area contributed by atoms with E-state index in [1.807, 2.05) is 48.5 Å². The number of carbonyl (C=O) groups excluding carboxylic acids is 1. The van der Waals surface area contributed by atoms with Crippen LogP contribution in [-0.2, 0) is 10.2 Å². The number of aromatic nitrogens is 1. The predicted octanol–water partition coefficient (Wildman–Crippen LogP) is 7.53. The van der Waals surface area contributed by atoms with Crippen molar-refractivity contribution >= 4 is 29.0 Å². The molecule has 1 N–H and O–H groups in total. The molecular weight excluding hydrogens is 508 g/mol. The van der Waals surface area contributed by atoms with Gasteiger partial charge in [0, 0.05) is 23.3 Å². The van der Waals surface area contributed by atoms with Crippen molar-refractivity contribution in [2.75, 3.05) is 11.1 Å². The summed E-state index contributed by atoms with van der Waals surface area (Å²) >= 11 is 1.16. The van der Waals surface area contributed by atoms with E-state index in [4.69, 9.17) is 4.98 Å². The van der Waals surface area contributed by atoms with Gasteiger partial charge in [0.1, 0.15) is 11.1 Å². The number of nitriles is 1. The van der Waals surface area contributed by atoms with Crippen molar-refractivity contribution in [1.29, 1.82) is 5.26 Å². The van der Waals surface area contributed by atoms with Gasteiger partial charge in [-0.15, -0.1) is 0 Å². The Morgan fingerprint density at radius 1 is 1.03 bits per heavy atom. The van der Waals surface area contributed by atoms with Crippen molar-refractivity contribution in [2.24, 2.45) is 0 Å². The number of benzene rings is 3. The number of nitro groups is 1. The molecule has 0 aliphatic carbocycles. The molecule has 1 amide bonds. The number of rotatable bonds is 7. The number of anilines is 1. The van der Waals surface area contributed by atoms with Gasteiger partial charge in [-0.25, -0.2) is 4.98 Å². The van der Waals surface area contributed by atoms with Crippen molar-refractivity contribution in [2.45, 2.75) is 38.1 Å². The average molecular weight is 537 g/mol. The average Bonchev–Trinajstić information content (AvgIpc) is 2.92. The van der Waals surface area contributed by atoms with Crippen molar-refractivity contribution < 1.29 is 9.72 Å². The lowest BCUT2D eigenvalue weighted by atomic mass is 9.86. The van der Waals surface area contributed by atoms with E-state index in [2.05, 4.69) is 44.3 Å². The number of hydrogen-bond acceptors (Lipinski definition) is 6. The third-order valence-corrected chi connectivity index (χ3v) is 7.25. The van der Waals surface area contributed by atoms with Crippen LogP contribution in [0.5, 0.6) is 0 Å². The van der Waals surface area contributed by atoms with Gasteiger partial charge in [0.05, 0.1) is 27.6 Å². The highest BCUT2D eigenvalue weighted by Gasteiger charge is 2.19. The largest absolute Gasteiger partial charge is 0.325 e. The van der Waals surface area contributed by atoms with Gasteiger partial charge in [-0.1, -0.05) is 93.2 Å². The Bertz CT molecular complexity index is 1570. The van der Waals surface area contributed by atoms with E-state index < -0.39 is 4.92 Å². The molecule has 8 heteroatoms. The first-order chi connectivity index (χ1) is 18.6. The first-order valence-corrected chi connectivity index (χ1v) is 13.3. The first-order valence-electron chi connectivity index (χ1n) is 12.4. The van der Waals surface area contributed by atoms with Crippen LogP contribution in [0.3, 0.4) is 0 Å². The van der Waals surface area contributed by atoms with Crippen molar-refractivity contribution in [1.82, 2.24) is 4.98 Å². The summed E-state index contributed by atoms with van der Waals surface area (Å²) in [6.45, 7) is 8.22. The molecule has 3 aromatic carbocycles. The third-order valence-electron chi connectivity index (χ3n) is 6.28. The fraction of sp³-hybridized carbons (Fsp3) is 0.194. The molecule has 0 radical (unpaired) electrons. The van der Waals surface area contributed by atoms with Crippen LogP contribution in [0.15, 0.2) is 83.9 Å². The summed E-state index contributed by atoms with van der Waals surface area (Å²) < 4.78 is 0. The lowest BCUT2D eigenvalue weighted by molar-refractivity contribution is -0.384. The van der Waals surface area contributed by atoms with E-state index >= 15 is 0 Å². The molecule has 1 heterocycles. The molecule has 1 aromatic heterocycles. The summed E-state index contributed by atoms with van der Waals surface area (Å²) in [6.07, 6.45) is 0. The molecule has 0 unspecified atom stereocenters. The van der Waals surface area contributed by atoms with Crippen LogP contribution in [0.25, 0.3) is 22.4 Å². The first kappa shape index (κ1) is 27.6. The maximum Gasteiger partial charge on any atom is 0.271 e. The smallest absolute Gasteiger partial charge is 0.271 e. The van der Waals surface area contributed by atoms with E-state index in [1.54, 1.807) is 13.0 Å². The van der Waals surface area contributed by atoms with E-state index in [9.17, 15) is 20.2 Å². The molecule has 4 aromatic rings. The third kappa shape index (κ3) is 6.51. The van der Waals surface area contributed by atoms with Gasteiger partial charge in [-0.2, -0.15) is 5.26 Å². The minimum Gasteiger partial charge on any atom is -0.325 e. The van der Waals surface area contributed by atoms with Crippen LogP contribution in [0.1, 0.15) is 37.5 Å². The number of nitro benzene ring substituents is 1. The van der Waals surface area contributed by atoms with E-state index in [-0.39, 0.29) is 22.8 Å². The number of aryl methyl sites for hydroxylation is 1. The van der Waals surface area contributed by atoms with Gasteiger partial charge in [0.25, 0.3) is 5.69 Å². The molecule has 0 spiro atoms. The topological polar surface area (TPSA) is 109 Å². The zero-order valence-corrected chi connectivity index (χ0v) is 23.0. The molecular formula is C31H28N4O3S. The number of thioether (sulfide) groups is 1. The predicted molar refractivity (Wildman–Crippen MR) is 156 cm³/mol. The molecule has 4 rings (SSSR count). The number of pyridine rings is 1. The summed E-state index contributed by atoms with van der Waals surface area (Å²) in [5.41, 5.74) is 5.78. The number of nitrogens with zero attached hydrogens (tertiary/aromatic N) is 3. The Balaban J connectivity index is 1.68. The Hall–Kier alpha value is -4.48. The molecule has 0 saturated carbocycles. The summed E-state index contributed by atoms with van der Waals surface area (Å²) in [6, 6.07) is 26.4. The van der Waals surface area contributed by atoms with E-state index in [0.717, 1.165) is 28.5 Å². The van der Waals surface area contributed by atoms with Crippen molar-refractivity contribution in [3.8, 4) is 28.5 Å². The second-order valence-corrected chi connectivity index (χ2v) is 11.1. The quantitative estimate of drug-likeness (QED) is 0.148. The van der Waals surface area contributed by atoms with Gasteiger partial charge >= 0.3 is 0 Å². The highest BCUT2D eigenvalue weighted by Crippen LogP contribution is 2.35. The molecule has 0 atom stereocenters. The molecule has 0 bridgehead atoms. The van der Waals surface area contributed by atoms with Crippen LogP contribution in [0, 0.1) is 28.4 Å². The number of hydrogen-bond donors (Lipinski definition) is 1. The Morgan fingerprint density at radius 3 is 2.33 bits per heavy atom. The Morgan fingerprint density at radius 2 is 1.72 bits per heavy atom. The molecule has 196 valence electrons. The lowest BCUT2D eigenvalue weighted by Crippen LogP contribution is -2.15. The summed E-state index contributed by atoms with van der Waals surface area (Å²) in [5.74, 6) is -0.375. The molecule has 0 fully saturated rings. The SMILES string of the molecule is Cc1ccc([N+](=O)[O-])cc1NC(=O)CSc1nc(-c2ccccc2)cc(-c2ccc(C(C)(C)C)cc2)c1C#N. The van der Waals surface area contributed by atoms with E-state index in [0.29, 0.717) is 27.5 Å². The second-order valence-electron chi connectivity index (χ2n) is 10.1. The summed E-state index contributed by atoms with van der Waals surface area (Å²) in [4.78, 5) is 28.3. The summed E-state index contributed by atoms with van der Waals surface area (Å²) in [7, 11) is 0. The molecule has 39 heavy (non-hydrogen) atoms. The second kappa shape index (κ2) is 11.5. The fourth-order valence-corrected chi connectivity index (χ4v) is 4.85. The van der Waals surface area contributed by atoms with Crippen LogP contribution in [0.4, 0.5) is 11.4 Å². The minimum absolute atomic E-state index is 0.00403. The molecule has 7 nitrogen and oxygen atoms in total. The van der Waals surface area contributed by atoms with Gasteiger partial charge in [-0.3, -0.25) is 14.9 Å². The van der Waals surface area contributed by atoms with Crippen LogP contribution >= 0.6 is 11.8 Å². The maximum absolute atomic E-state index is 12.8. The lowest BCUT2D eigenvalue weighted by Gasteiger charge is -2.19. The van der Waals surface area contributed by atoms with Gasteiger partial charge < -0.3 is 5.32 Å². The number of amides is 1. The normalized spacial score (nSPS) is 11.1. The number of carbonyl (C=O) groups is 1. The zero-order chi connectivity index (χ0) is 28.2. The highest BCUT2D eigenvalue weighted by molar-refractivity contribution is 8.00. The maximum atomic E-state index is 12.8. The molecule has 0 aliphatic rings. The monoisotopic (exact) mass is 536 g/mol. The summed E-state index contributed by atoms with van der Waals surface area (Å²) in [5, 5.41) is 24.5. The number of non-ortho nitro benzene ring substituents is 1. The van der Waals surface area contributed by atoms with Crippen molar-refractivity contribution in [3.63, 3.8) is 0 Å². The molecule has 0 saturated heterocycles. The zero-order valence-electron chi connectivity index (χ0n) is 22.2. The standard InChI is InChI=1S/C31H28N4O3S/c1-20-10-15-24(35(37)38)16-27(20)33-29(36)19-39-30-26(18-32)25(17-28(34-30)22-8-6-5-7-9-22)21-11-13-23(14-12-21)31(2,3)4/h5-17H,19H2,1-4H3,(H,33,36).